The molecule has 1 aromatic carbocycles. The van der Waals surface area contributed by atoms with Crippen LogP contribution in [0.25, 0.3) is 0 Å². The Morgan fingerprint density at radius 1 is 1.29 bits per heavy atom. The van der Waals surface area contributed by atoms with Crippen LogP contribution in [0.4, 0.5) is 0 Å². The van der Waals surface area contributed by atoms with Crippen LogP contribution in [-0.4, -0.2) is 4.57 Å². The lowest BCUT2D eigenvalue weighted by atomic mass is 10.2. The van der Waals surface area contributed by atoms with E-state index in [-0.39, 0.29) is 0 Å². The van der Waals surface area contributed by atoms with E-state index in [0.717, 1.165) is 13.1 Å². The second-order valence-corrected chi connectivity index (χ2v) is 5.11. The van der Waals surface area contributed by atoms with Gasteiger partial charge in [0.15, 0.2) is 0 Å². The zero-order valence-corrected chi connectivity index (χ0v) is 11.9. The van der Waals surface area contributed by atoms with Crippen molar-refractivity contribution >= 4 is 15.9 Å². The van der Waals surface area contributed by atoms with E-state index in [1.807, 2.05) is 6.07 Å². The van der Waals surface area contributed by atoms with Crippen LogP contribution in [0, 0.1) is 6.92 Å². The van der Waals surface area contributed by atoms with E-state index >= 15 is 0 Å². The number of hydrogen-bond acceptors (Lipinski definition) is 0. The van der Waals surface area contributed by atoms with Gasteiger partial charge < -0.3 is 0 Å². The van der Waals surface area contributed by atoms with Crippen molar-refractivity contribution in [2.75, 3.05) is 0 Å². The topological polar surface area (TPSA) is 8.81 Å². The Kier molecular flexibility index (Phi) is 4.00. The Hall–Kier alpha value is -1.09. The third-order valence-electron chi connectivity index (χ3n) is 3.02. The highest BCUT2D eigenvalue weighted by atomic mass is 79.9. The maximum Gasteiger partial charge on any atom is 0.253 e. The molecule has 2 nitrogen and oxygen atoms in total. The van der Waals surface area contributed by atoms with E-state index in [1.54, 1.807) is 0 Å². The Morgan fingerprint density at radius 3 is 2.76 bits per heavy atom. The third-order valence-corrected chi connectivity index (χ3v) is 3.79. The molecule has 0 spiro atoms. The molecule has 90 valence electrons. The summed E-state index contributed by atoms with van der Waals surface area (Å²) in [4.78, 5) is 0. The summed E-state index contributed by atoms with van der Waals surface area (Å²) < 4.78 is 5.77. The van der Waals surface area contributed by atoms with Crippen molar-refractivity contribution in [3.8, 4) is 0 Å². The number of aromatic nitrogens is 2. The molecule has 0 radical (unpaired) electrons. The molecule has 2 aromatic rings. The number of benzene rings is 1. The van der Waals surface area contributed by atoms with Crippen LogP contribution in [-0.2, 0) is 13.1 Å². The van der Waals surface area contributed by atoms with Gasteiger partial charge in [0.25, 0.3) is 5.82 Å². The number of hydrogen-bond donors (Lipinski definition) is 0. The summed E-state index contributed by atoms with van der Waals surface area (Å²) >= 11 is 3.60. The molecular weight excluding hydrogens is 276 g/mol. The van der Waals surface area contributed by atoms with Gasteiger partial charge >= 0.3 is 0 Å². The summed E-state index contributed by atoms with van der Waals surface area (Å²) in [5, 5.41) is 0. The fraction of sp³-hybridized carbons (Fsp3) is 0.357. The average Bonchev–Trinajstić information content (AvgIpc) is 2.65. The maximum atomic E-state index is 3.60. The van der Waals surface area contributed by atoms with Crippen molar-refractivity contribution in [1.29, 1.82) is 0 Å². The van der Waals surface area contributed by atoms with Gasteiger partial charge in [-0.1, -0.05) is 41.1 Å². The predicted molar refractivity (Wildman–Crippen MR) is 72.9 cm³/mol. The molecule has 0 aliphatic carbocycles. The summed E-state index contributed by atoms with van der Waals surface area (Å²) in [5.74, 6) is 1.31. The lowest BCUT2D eigenvalue weighted by Crippen LogP contribution is -2.36. The number of nitrogens with zero attached hydrogens (tertiary/aromatic N) is 2. The molecule has 1 heterocycles. The standard InChI is InChI=1S/C14H18BrN2/c1-3-8-16-9-10-17(12(16)2)11-13-6-4-5-7-14(13)15/h4-7,9-10H,3,8,11H2,1-2H3/q+1. The quantitative estimate of drug-likeness (QED) is 0.765. The first-order valence-electron chi connectivity index (χ1n) is 6.01. The smallest absolute Gasteiger partial charge is 0.234 e. The molecule has 2 rings (SSSR count). The van der Waals surface area contributed by atoms with Gasteiger partial charge in [0, 0.05) is 17.0 Å². The summed E-state index contributed by atoms with van der Waals surface area (Å²) in [6.45, 7) is 6.39. The first-order chi connectivity index (χ1) is 8.22. The molecule has 1 aromatic heterocycles. The molecule has 0 saturated heterocycles. The second-order valence-electron chi connectivity index (χ2n) is 4.26. The largest absolute Gasteiger partial charge is 0.253 e. The fourth-order valence-electron chi connectivity index (χ4n) is 2.00. The Balaban J connectivity index is 2.22. The molecule has 0 unspecified atom stereocenters. The zero-order chi connectivity index (χ0) is 12.3. The Labute approximate surface area is 111 Å². The zero-order valence-electron chi connectivity index (χ0n) is 10.4. The van der Waals surface area contributed by atoms with Crippen molar-refractivity contribution in [3.63, 3.8) is 0 Å². The average molecular weight is 294 g/mol. The lowest BCUT2D eigenvalue weighted by molar-refractivity contribution is -0.694. The first kappa shape index (κ1) is 12.4. The lowest BCUT2D eigenvalue weighted by Gasteiger charge is -2.03. The third kappa shape index (κ3) is 2.78. The van der Waals surface area contributed by atoms with E-state index < -0.39 is 0 Å². The summed E-state index contributed by atoms with van der Waals surface area (Å²) in [6.07, 6.45) is 5.49. The molecule has 0 N–H and O–H groups in total. The summed E-state index contributed by atoms with van der Waals surface area (Å²) in [7, 11) is 0. The number of rotatable bonds is 4. The van der Waals surface area contributed by atoms with E-state index in [0.29, 0.717) is 0 Å². The van der Waals surface area contributed by atoms with Crippen molar-refractivity contribution in [2.24, 2.45) is 0 Å². The van der Waals surface area contributed by atoms with Crippen LogP contribution in [0.2, 0.25) is 0 Å². The van der Waals surface area contributed by atoms with Gasteiger partial charge in [-0.15, -0.1) is 0 Å². The number of halogens is 1. The minimum Gasteiger partial charge on any atom is -0.234 e. The van der Waals surface area contributed by atoms with Crippen molar-refractivity contribution < 1.29 is 4.57 Å². The molecule has 0 aliphatic rings. The van der Waals surface area contributed by atoms with E-state index in [2.05, 4.69) is 69.5 Å². The van der Waals surface area contributed by atoms with Gasteiger partial charge in [0.2, 0.25) is 0 Å². The van der Waals surface area contributed by atoms with E-state index in [4.69, 9.17) is 0 Å². The minimum absolute atomic E-state index is 0.921. The summed E-state index contributed by atoms with van der Waals surface area (Å²) in [5.41, 5.74) is 1.31. The molecule has 3 heteroatoms. The van der Waals surface area contributed by atoms with Crippen molar-refractivity contribution in [3.05, 3.63) is 52.5 Å². The maximum absolute atomic E-state index is 3.60. The van der Waals surface area contributed by atoms with Gasteiger partial charge in [0.05, 0.1) is 6.54 Å². The molecule has 0 atom stereocenters. The van der Waals surface area contributed by atoms with Gasteiger partial charge in [-0.05, 0) is 12.5 Å². The molecular formula is C14H18BrN2+. The molecule has 17 heavy (non-hydrogen) atoms. The molecule has 0 amide bonds. The Morgan fingerprint density at radius 2 is 2.06 bits per heavy atom. The Bertz CT molecular complexity index is 503. The monoisotopic (exact) mass is 293 g/mol. The highest BCUT2D eigenvalue weighted by Gasteiger charge is 2.12. The van der Waals surface area contributed by atoms with Crippen molar-refractivity contribution in [2.45, 2.75) is 33.4 Å². The molecule has 0 fully saturated rings. The first-order valence-corrected chi connectivity index (χ1v) is 6.80. The fourth-order valence-corrected chi connectivity index (χ4v) is 2.41. The molecule has 0 saturated carbocycles. The highest BCUT2D eigenvalue weighted by molar-refractivity contribution is 9.10. The number of aryl methyl sites for hydroxylation is 1. The second kappa shape index (κ2) is 5.50. The van der Waals surface area contributed by atoms with Crippen LogP contribution < -0.4 is 4.57 Å². The normalized spacial score (nSPS) is 10.8. The molecule has 0 bridgehead atoms. The van der Waals surface area contributed by atoms with Crippen LogP contribution >= 0.6 is 15.9 Å². The van der Waals surface area contributed by atoms with Crippen molar-refractivity contribution in [1.82, 2.24) is 4.57 Å². The van der Waals surface area contributed by atoms with Gasteiger partial charge in [-0.25, -0.2) is 9.13 Å². The highest BCUT2D eigenvalue weighted by Crippen LogP contribution is 2.15. The summed E-state index contributed by atoms with van der Waals surface area (Å²) in [6, 6.07) is 8.38. The van der Waals surface area contributed by atoms with Crippen LogP contribution in [0.3, 0.4) is 0 Å². The van der Waals surface area contributed by atoms with Gasteiger partial charge in [-0.3, -0.25) is 0 Å². The van der Waals surface area contributed by atoms with Gasteiger partial charge in [-0.2, -0.15) is 0 Å². The number of imidazole rings is 1. The van der Waals surface area contributed by atoms with Crippen LogP contribution in [0.5, 0.6) is 0 Å². The van der Waals surface area contributed by atoms with Gasteiger partial charge in [0.1, 0.15) is 18.9 Å². The molecule has 0 aliphatic heterocycles. The minimum atomic E-state index is 0.921. The predicted octanol–water partition coefficient (Wildman–Crippen LogP) is 3.30. The van der Waals surface area contributed by atoms with Crippen LogP contribution in [0.1, 0.15) is 24.7 Å². The van der Waals surface area contributed by atoms with E-state index in [9.17, 15) is 0 Å². The van der Waals surface area contributed by atoms with E-state index in [1.165, 1.54) is 22.3 Å². The van der Waals surface area contributed by atoms with Crippen LogP contribution in [0.15, 0.2) is 41.1 Å². The SMILES string of the molecule is CCCn1cc[n+](Cc2ccccc2Br)c1C.